The molecule has 0 radical (unpaired) electrons. The normalized spacial score (nSPS) is 17.4. The van der Waals surface area contributed by atoms with Crippen molar-refractivity contribution in [1.29, 1.82) is 0 Å². The number of methoxy groups -OCH3 is 1. The third-order valence-corrected chi connectivity index (χ3v) is 5.50. The van der Waals surface area contributed by atoms with E-state index in [1.54, 1.807) is 13.2 Å². The molecule has 1 aromatic heterocycles. The minimum atomic E-state index is -0.594. The molecule has 3 aromatic rings. The Morgan fingerprint density at radius 3 is 2.76 bits per heavy atom. The third-order valence-electron chi connectivity index (χ3n) is 5.50. The number of benzene rings is 2. The van der Waals surface area contributed by atoms with Gasteiger partial charge in [-0.2, -0.15) is 5.10 Å². The quantitative estimate of drug-likeness (QED) is 0.666. The summed E-state index contributed by atoms with van der Waals surface area (Å²) in [5.74, 6) is -0.313. The lowest BCUT2D eigenvalue weighted by Crippen LogP contribution is -2.34. The number of hydrogen-bond acceptors (Lipinski definition) is 4. The average Bonchev–Trinajstić information content (AvgIpc) is 3.19. The van der Waals surface area contributed by atoms with E-state index in [9.17, 15) is 13.9 Å². The van der Waals surface area contributed by atoms with E-state index in [4.69, 9.17) is 4.74 Å². The van der Waals surface area contributed by atoms with Gasteiger partial charge in [-0.25, -0.2) is 8.78 Å². The Balaban J connectivity index is 1.55. The zero-order valence-corrected chi connectivity index (χ0v) is 16.2. The Morgan fingerprint density at radius 2 is 2.03 bits per heavy atom. The lowest BCUT2D eigenvalue weighted by molar-refractivity contribution is 0.196. The lowest BCUT2D eigenvalue weighted by atomic mass is 9.90. The molecule has 1 aliphatic heterocycles. The third kappa shape index (κ3) is 3.96. The number of likely N-dealkylation sites (tertiary alicyclic amines) is 1. The fourth-order valence-corrected chi connectivity index (χ4v) is 4.04. The van der Waals surface area contributed by atoms with Crippen molar-refractivity contribution in [3.63, 3.8) is 0 Å². The SMILES string of the molecule is COc1ccc(CN2CCCC(c3[nH]ncc3-c3c(F)cccc3F)C2)c(O)c1. The van der Waals surface area contributed by atoms with E-state index in [2.05, 4.69) is 15.1 Å². The van der Waals surface area contributed by atoms with E-state index >= 15 is 0 Å². The van der Waals surface area contributed by atoms with Crippen LogP contribution in [0.4, 0.5) is 8.78 Å². The zero-order valence-electron chi connectivity index (χ0n) is 16.2. The zero-order chi connectivity index (χ0) is 20.4. The first-order chi connectivity index (χ1) is 14.1. The van der Waals surface area contributed by atoms with Gasteiger partial charge >= 0.3 is 0 Å². The van der Waals surface area contributed by atoms with Crippen LogP contribution in [-0.2, 0) is 6.54 Å². The molecule has 0 amide bonds. The maximum atomic E-state index is 14.3. The van der Waals surface area contributed by atoms with Gasteiger partial charge in [-0.3, -0.25) is 10.00 Å². The monoisotopic (exact) mass is 399 g/mol. The molecule has 7 heteroatoms. The van der Waals surface area contributed by atoms with Gasteiger partial charge in [-0.1, -0.05) is 12.1 Å². The van der Waals surface area contributed by atoms with Gasteiger partial charge in [-0.05, 0) is 37.6 Å². The Labute approximate surface area is 167 Å². The van der Waals surface area contributed by atoms with Crippen molar-refractivity contribution in [2.45, 2.75) is 25.3 Å². The van der Waals surface area contributed by atoms with Crippen molar-refractivity contribution in [3.05, 3.63) is 65.5 Å². The van der Waals surface area contributed by atoms with Crippen molar-refractivity contribution >= 4 is 0 Å². The number of nitrogens with one attached hydrogen (secondary N) is 1. The number of aromatic nitrogens is 2. The number of ether oxygens (including phenoxy) is 1. The Morgan fingerprint density at radius 1 is 1.24 bits per heavy atom. The van der Waals surface area contributed by atoms with Gasteiger partial charge in [0.1, 0.15) is 23.1 Å². The van der Waals surface area contributed by atoms with Crippen LogP contribution in [0.5, 0.6) is 11.5 Å². The summed E-state index contributed by atoms with van der Waals surface area (Å²) in [4.78, 5) is 2.23. The molecule has 0 aliphatic carbocycles. The van der Waals surface area contributed by atoms with Crippen molar-refractivity contribution in [2.24, 2.45) is 0 Å². The van der Waals surface area contributed by atoms with Crippen LogP contribution in [0, 0.1) is 11.6 Å². The van der Waals surface area contributed by atoms with Crippen molar-refractivity contribution in [1.82, 2.24) is 15.1 Å². The first kappa shape index (κ1) is 19.4. The van der Waals surface area contributed by atoms with Crippen LogP contribution in [0.1, 0.15) is 30.0 Å². The minimum absolute atomic E-state index is 0.0406. The summed E-state index contributed by atoms with van der Waals surface area (Å²) >= 11 is 0. The van der Waals surface area contributed by atoms with Gasteiger partial charge in [0.15, 0.2) is 0 Å². The number of aromatic amines is 1. The van der Waals surface area contributed by atoms with E-state index in [0.29, 0.717) is 24.4 Å². The van der Waals surface area contributed by atoms with Crippen LogP contribution in [0.2, 0.25) is 0 Å². The minimum Gasteiger partial charge on any atom is -0.507 e. The number of phenols is 1. The first-order valence-electron chi connectivity index (χ1n) is 9.62. The highest BCUT2D eigenvalue weighted by atomic mass is 19.1. The lowest BCUT2D eigenvalue weighted by Gasteiger charge is -2.33. The number of halogens is 2. The number of piperidine rings is 1. The molecule has 0 spiro atoms. The van der Waals surface area contributed by atoms with Crippen LogP contribution in [0.25, 0.3) is 11.1 Å². The van der Waals surface area contributed by atoms with E-state index in [0.717, 1.165) is 30.6 Å². The summed E-state index contributed by atoms with van der Waals surface area (Å²) in [6.07, 6.45) is 3.33. The van der Waals surface area contributed by atoms with Crippen molar-refractivity contribution < 1.29 is 18.6 Å². The molecule has 0 bridgehead atoms. The highest BCUT2D eigenvalue weighted by molar-refractivity contribution is 5.67. The summed E-state index contributed by atoms with van der Waals surface area (Å²) in [5.41, 5.74) is 2.00. The smallest absolute Gasteiger partial charge is 0.134 e. The number of aromatic hydroxyl groups is 1. The van der Waals surface area contributed by atoms with Crippen molar-refractivity contribution in [2.75, 3.05) is 20.2 Å². The summed E-state index contributed by atoms with van der Waals surface area (Å²) in [6, 6.07) is 9.16. The molecule has 1 aliphatic rings. The number of hydrogen-bond donors (Lipinski definition) is 2. The maximum Gasteiger partial charge on any atom is 0.134 e. The van der Waals surface area contributed by atoms with Crippen molar-refractivity contribution in [3.8, 4) is 22.6 Å². The standard InChI is InChI=1S/C22H23F2N3O2/c1-29-16-8-7-14(20(28)10-16)12-27-9-3-4-15(13-27)22-17(11-25-26-22)21-18(23)5-2-6-19(21)24/h2,5-8,10-11,15,28H,3-4,9,12-13H2,1H3,(H,25,26). The van der Waals surface area contributed by atoms with Gasteiger partial charge in [0, 0.05) is 41.9 Å². The second kappa shape index (κ2) is 8.21. The first-order valence-corrected chi connectivity index (χ1v) is 9.62. The molecule has 152 valence electrons. The number of H-pyrrole nitrogens is 1. The van der Waals surface area contributed by atoms with Gasteiger partial charge in [0.25, 0.3) is 0 Å². The molecule has 29 heavy (non-hydrogen) atoms. The molecule has 0 saturated carbocycles. The number of nitrogens with zero attached hydrogens (tertiary/aromatic N) is 2. The second-order valence-corrected chi connectivity index (χ2v) is 7.36. The van der Waals surface area contributed by atoms with Gasteiger partial charge < -0.3 is 9.84 Å². The molecule has 1 atom stereocenters. The van der Waals surface area contributed by atoms with Gasteiger partial charge in [-0.15, -0.1) is 0 Å². The molecule has 2 aromatic carbocycles. The maximum absolute atomic E-state index is 14.3. The van der Waals surface area contributed by atoms with E-state index < -0.39 is 11.6 Å². The Hall–Kier alpha value is -2.93. The molecule has 2 N–H and O–H groups in total. The number of rotatable bonds is 5. The molecular formula is C22H23F2N3O2. The Bertz CT molecular complexity index is 985. The van der Waals surface area contributed by atoms with E-state index in [1.807, 2.05) is 12.1 Å². The largest absolute Gasteiger partial charge is 0.507 e. The second-order valence-electron chi connectivity index (χ2n) is 7.36. The number of phenolic OH excluding ortho intramolecular Hbond substituents is 1. The summed E-state index contributed by atoms with van der Waals surface area (Å²) < 4.78 is 33.7. The summed E-state index contributed by atoms with van der Waals surface area (Å²) in [5, 5.41) is 17.3. The Kier molecular flexibility index (Phi) is 5.49. The van der Waals surface area contributed by atoms with E-state index in [1.165, 1.54) is 24.4 Å². The summed E-state index contributed by atoms with van der Waals surface area (Å²) in [7, 11) is 1.56. The predicted molar refractivity (Wildman–Crippen MR) is 106 cm³/mol. The van der Waals surface area contributed by atoms with Crippen LogP contribution in [0.15, 0.2) is 42.6 Å². The van der Waals surface area contributed by atoms with Gasteiger partial charge in [0.05, 0.1) is 18.9 Å². The molecule has 1 unspecified atom stereocenters. The van der Waals surface area contributed by atoms with Crippen LogP contribution >= 0.6 is 0 Å². The molecule has 2 heterocycles. The van der Waals surface area contributed by atoms with Crippen LogP contribution < -0.4 is 4.74 Å². The fourth-order valence-electron chi connectivity index (χ4n) is 4.04. The molecule has 5 nitrogen and oxygen atoms in total. The highest BCUT2D eigenvalue weighted by Gasteiger charge is 2.27. The fraction of sp³-hybridized carbons (Fsp3) is 0.318. The predicted octanol–water partition coefficient (Wildman–Crippen LogP) is 4.45. The van der Waals surface area contributed by atoms with Crippen LogP contribution in [-0.4, -0.2) is 40.4 Å². The average molecular weight is 399 g/mol. The van der Waals surface area contributed by atoms with E-state index in [-0.39, 0.29) is 17.2 Å². The molecule has 4 rings (SSSR count). The molecule has 1 saturated heterocycles. The highest BCUT2D eigenvalue weighted by Crippen LogP contribution is 2.36. The molecular weight excluding hydrogens is 376 g/mol. The summed E-state index contributed by atoms with van der Waals surface area (Å²) in [6.45, 7) is 2.18. The molecule has 1 fully saturated rings. The van der Waals surface area contributed by atoms with Crippen LogP contribution in [0.3, 0.4) is 0 Å². The topological polar surface area (TPSA) is 61.4 Å². The van der Waals surface area contributed by atoms with Gasteiger partial charge in [0.2, 0.25) is 0 Å².